The number of rotatable bonds is 4. The summed E-state index contributed by atoms with van der Waals surface area (Å²) in [4.78, 5) is 24.0. The number of imide groups is 1. The highest BCUT2D eigenvalue weighted by atomic mass is 32.2. The summed E-state index contributed by atoms with van der Waals surface area (Å²) in [6, 6.07) is 3.51. The van der Waals surface area contributed by atoms with E-state index in [-0.39, 0.29) is 22.5 Å². The maximum absolute atomic E-state index is 13.2. The normalized spacial score (nSPS) is 29.3. The van der Waals surface area contributed by atoms with E-state index in [4.69, 9.17) is 4.74 Å². The molecule has 3 amide bonds. The summed E-state index contributed by atoms with van der Waals surface area (Å²) in [6.45, 7) is 6.21. The Balaban J connectivity index is 2.08. The van der Waals surface area contributed by atoms with Gasteiger partial charge in [-0.3, -0.25) is 10.1 Å². The van der Waals surface area contributed by atoms with Crippen molar-refractivity contribution in [2.75, 3.05) is 20.2 Å². The van der Waals surface area contributed by atoms with E-state index in [1.54, 1.807) is 0 Å². The molecular weight excluding hydrogens is 372 g/mol. The number of hydrogen-bond donors (Lipinski definition) is 3. The van der Waals surface area contributed by atoms with Crippen LogP contribution in [0.25, 0.3) is 0 Å². The van der Waals surface area contributed by atoms with Crippen molar-refractivity contribution in [1.82, 2.24) is 20.3 Å². The third-order valence-corrected chi connectivity index (χ3v) is 7.32. The maximum atomic E-state index is 13.2. The Bertz CT molecular complexity index is 887. The van der Waals surface area contributed by atoms with Gasteiger partial charge in [0.2, 0.25) is 10.0 Å². The van der Waals surface area contributed by atoms with Gasteiger partial charge in [0.15, 0.2) is 0 Å². The molecule has 9 nitrogen and oxygen atoms in total. The van der Waals surface area contributed by atoms with Crippen LogP contribution in [-0.2, 0) is 20.4 Å². The summed E-state index contributed by atoms with van der Waals surface area (Å²) in [5.74, 6) is -0.250. The van der Waals surface area contributed by atoms with Crippen LogP contribution < -0.4 is 20.7 Å². The van der Waals surface area contributed by atoms with E-state index < -0.39 is 27.5 Å². The van der Waals surface area contributed by atoms with Crippen LogP contribution in [0.3, 0.4) is 0 Å². The second-order valence-electron chi connectivity index (χ2n) is 6.99. The lowest BCUT2D eigenvalue weighted by Crippen LogP contribution is -2.57. The van der Waals surface area contributed by atoms with Crippen LogP contribution in [0.1, 0.15) is 26.3 Å². The molecule has 3 rings (SSSR count). The molecule has 1 aromatic carbocycles. The van der Waals surface area contributed by atoms with E-state index in [1.807, 2.05) is 13.8 Å². The number of methoxy groups -OCH3 is 1. The third kappa shape index (κ3) is 3.17. The molecule has 0 spiro atoms. The predicted molar refractivity (Wildman–Crippen MR) is 97.8 cm³/mol. The van der Waals surface area contributed by atoms with Crippen LogP contribution in [0.4, 0.5) is 4.79 Å². The van der Waals surface area contributed by atoms with Gasteiger partial charge >= 0.3 is 6.03 Å². The van der Waals surface area contributed by atoms with E-state index in [0.29, 0.717) is 18.8 Å². The van der Waals surface area contributed by atoms with Crippen LogP contribution >= 0.6 is 0 Å². The Morgan fingerprint density at radius 2 is 1.96 bits per heavy atom. The lowest BCUT2D eigenvalue weighted by Gasteiger charge is -2.37. The number of nitrogens with one attached hydrogen (secondary N) is 3. The fourth-order valence-corrected chi connectivity index (χ4v) is 5.20. The number of amides is 3. The standard InChI is InChI=1S/C17H24N4O5S/c1-10-11(2)21(8-7-18-10)27(24,25)12-5-6-14(26-4)13(9-12)17(3)15(22)19-16(23)20-17/h5-6,9-11,18H,7-8H2,1-4H3,(H2,19,20,22,23). The van der Waals surface area contributed by atoms with Crippen LogP contribution in [0.5, 0.6) is 5.75 Å². The lowest BCUT2D eigenvalue weighted by molar-refractivity contribution is -0.123. The number of ether oxygens (including phenoxy) is 1. The molecule has 3 N–H and O–H groups in total. The number of carbonyl (C=O) groups is 2. The molecular formula is C17H24N4O5S. The summed E-state index contributed by atoms with van der Waals surface area (Å²) in [5, 5.41) is 7.98. The first kappa shape index (κ1) is 19.6. The van der Waals surface area contributed by atoms with Crippen molar-refractivity contribution in [3.63, 3.8) is 0 Å². The maximum Gasteiger partial charge on any atom is 0.322 e. The first-order valence-corrected chi connectivity index (χ1v) is 10.1. The van der Waals surface area contributed by atoms with Crippen LogP contribution in [0, 0.1) is 0 Å². The molecule has 0 radical (unpaired) electrons. The minimum atomic E-state index is -3.79. The first-order chi connectivity index (χ1) is 12.6. The second-order valence-corrected chi connectivity index (χ2v) is 8.89. The highest BCUT2D eigenvalue weighted by Gasteiger charge is 2.46. The molecule has 10 heteroatoms. The monoisotopic (exact) mass is 396 g/mol. The summed E-state index contributed by atoms with van der Waals surface area (Å²) >= 11 is 0. The van der Waals surface area contributed by atoms with Gasteiger partial charge < -0.3 is 15.4 Å². The number of carbonyl (C=O) groups excluding carboxylic acids is 2. The van der Waals surface area contributed by atoms with E-state index in [1.165, 1.54) is 36.5 Å². The zero-order chi connectivity index (χ0) is 20.0. The number of benzene rings is 1. The highest BCUT2D eigenvalue weighted by molar-refractivity contribution is 7.89. The Kier molecular flexibility index (Phi) is 4.91. The molecule has 0 saturated carbocycles. The van der Waals surface area contributed by atoms with E-state index >= 15 is 0 Å². The molecule has 0 aliphatic carbocycles. The smallest absolute Gasteiger partial charge is 0.322 e. The number of nitrogens with zero attached hydrogens (tertiary/aromatic N) is 1. The second kappa shape index (κ2) is 6.77. The molecule has 1 aromatic rings. The molecule has 3 unspecified atom stereocenters. The molecule has 3 atom stereocenters. The van der Waals surface area contributed by atoms with Gasteiger partial charge in [0.25, 0.3) is 5.91 Å². The van der Waals surface area contributed by atoms with Gasteiger partial charge in [-0.25, -0.2) is 13.2 Å². The van der Waals surface area contributed by atoms with Gasteiger partial charge in [-0.1, -0.05) is 0 Å². The fourth-order valence-electron chi connectivity index (χ4n) is 3.47. The predicted octanol–water partition coefficient (Wildman–Crippen LogP) is 0.121. The Hall–Kier alpha value is -2.17. The third-order valence-electron chi connectivity index (χ3n) is 5.34. The molecule has 2 heterocycles. The van der Waals surface area contributed by atoms with E-state index in [2.05, 4.69) is 16.0 Å². The quantitative estimate of drug-likeness (QED) is 0.623. The molecule has 2 aliphatic heterocycles. The van der Waals surface area contributed by atoms with Crippen molar-refractivity contribution in [2.24, 2.45) is 0 Å². The van der Waals surface area contributed by atoms with E-state index in [9.17, 15) is 18.0 Å². The minimum absolute atomic E-state index is 0.0173. The average molecular weight is 396 g/mol. The molecule has 0 aromatic heterocycles. The van der Waals surface area contributed by atoms with Crippen molar-refractivity contribution in [1.29, 1.82) is 0 Å². The number of sulfonamides is 1. The van der Waals surface area contributed by atoms with Crippen molar-refractivity contribution in [3.05, 3.63) is 23.8 Å². The zero-order valence-electron chi connectivity index (χ0n) is 15.7. The van der Waals surface area contributed by atoms with Crippen molar-refractivity contribution in [2.45, 2.75) is 43.3 Å². The Morgan fingerprint density at radius 3 is 2.56 bits per heavy atom. The number of hydrogen-bond acceptors (Lipinski definition) is 6. The molecule has 0 bridgehead atoms. The number of piperazine rings is 1. The van der Waals surface area contributed by atoms with Gasteiger partial charge in [0.05, 0.1) is 12.0 Å². The molecule has 2 saturated heterocycles. The highest BCUT2D eigenvalue weighted by Crippen LogP contribution is 2.35. The van der Waals surface area contributed by atoms with Gasteiger partial charge in [-0.2, -0.15) is 4.31 Å². The van der Waals surface area contributed by atoms with Crippen molar-refractivity contribution in [3.8, 4) is 5.75 Å². The molecule has 2 aliphatic rings. The summed E-state index contributed by atoms with van der Waals surface area (Å²) in [7, 11) is -2.36. The fraction of sp³-hybridized carbons (Fsp3) is 0.529. The van der Waals surface area contributed by atoms with E-state index in [0.717, 1.165) is 0 Å². The molecule has 2 fully saturated rings. The average Bonchev–Trinajstić information content (AvgIpc) is 2.89. The van der Waals surface area contributed by atoms with Gasteiger partial charge in [-0.15, -0.1) is 0 Å². The van der Waals surface area contributed by atoms with Crippen molar-refractivity contribution < 1.29 is 22.7 Å². The SMILES string of the molecule is COc1ccc(S(=O)(=O)N2CCNC(C)C2C)cc1C1(C)NC(=O)NC1=O. The van der Waals surface area contributed by atoms with Gasteiger partial charge in [0, 0.05) is 30.7 Å². The van der Waals surface area contributed by atoms with Crippen LogP contribution in [0.15, 0.2) is 23.1 Å². The first-order valence-electron chi connectivity index (χ1n) is 8.68. The van der Waals surface area contributed by atoms with Crippen molar-refractivity contribution >= 4 is 22.0 Å². The Labute approximate surface area is 158 Å². The van der Waals surface area contributed by atoms with Crippen LogP contribution in [0.2, 0.25) is 0 Å². The summed E-state index contributed by atoms with van der Waals surface area (Å²) < 4.78 is 33.2. The summed E-state index contributed by atoms with van der Waals surface area (Å²) in [6.07, 6.45) is 0. The topological polar surface area (TPSA) is 117 Å². The summed E-state index contributed by atoms with van der Waals surface area (Å²) in [5.41, 5.74) is -1.14. The Morgan fingerprint density at radius 1 is 1.26 bits per heavy atom. The molecule has 148 valence electrons. The number of urea groups is 1. The lowest BCUT2D eigenvalue weighted by atomic mass is 9.91. The van der Waals surface area contributed by atoms with Crippen LogP contribution in [-0.4, -0.2) is 56.9 Å². The minimum Gasteiger partial charge on any atom is -0.496 e. The molecule has 27 heavy (non-hydrogen) atoms. The van der Waals surface area contributed by atoms with Gasteiger partial charge in [-0.05, 0) is 39.0 Å². The zero-order valence-corrected chi connectivity index (χ0v) is 16.5. The van der Waals surface area contributed by atoms with Gasteiger partial charge in [0.1, 0.15) is 11.3 Å². The largest absolute Gasteiger partial charge is 0.496 e.